The number of aliphatic imine (C=N–C) groups is 1. The number of urea groups is 1. The minimum Gasteiger partial charge on any atom is -0.331 e. The van der Waals surface area contributed by atoms with Gasteiger partial charge in [0, 0.05) is 21.2 Å². The normalized spacial score (nSPS) is 12.3. The van der Waals surface area contributed by atoms with Crippen LogP contribution in [0.1, 0.15) is 22.8 Å². The molecule has 0 spiro atoms. The maximum Gasteiger partial charge on any atom is 0.319 e. The van der Waals surface area contributed by atoms with E-state index in [-0.39, 0.29) is 13.1 Å². The molecule has 5 rings (SSSR count). The molecule has 1 aliphatic heterocycles. The summed E-state index contributed by atoms with van der Waals surface area (Å²) < 4.78 is 1.88. The topological polar surface area (TPSA) is 84.2 Å². The van der Waals surface area contributed by atoms with Crippen molar-refractivity contribution in [2.75, 3.05) is 5.32 Å². The van der Waals surface area contributed by atoms with Crippen molar-refractivity contribution in [1.29, 1.82) is 0 Å². The minimum atomic E-state index is -0.414. The molecule has 34 heavy (non-hydrogen) atoms. The van der Waals surface area contributed by atoms with Gasteiger partial charge in [-0.25, -0.2) is 4.79 Å². The maximum absolute atomic E-state index is 12.5. The Bertz CT molecular complexity index is 1430. The minimum absolute atomic E-state index is 0.132. The third-order valence-corrected chi connectivity index (χ3v) is 6.18. The van der Waals surface area contributed by atoms with Gasteiger partial charge >= 0.3 is 6.03 Å². The fourth-order valence-electron chi connectivity index (χ4n) is 3.75. The van der Waals surface area contributed by atoms with Crippen LogP contribution >= 0.6 is 34.8 Å². The number of fused-ring (bicyclic) bond motifs is 3. The molecule has 1 aliphatic rings. The molecule has 2 amide bonds. The van der Waals surface area contributed by atoms with Gasteiger partial charge in [-0.1, -0.05) is 65.1 Å². The number of nitrogens with one attached hydrogen (secondary N) is 2. The molecule has 0 fully saturated rings. The number of carbonyl (C=O) groups excluding carboxylic acids is 1. The highest BCUT2D eigenvalue weighted by atomic mass is 35.5. The second-order valence-corrected chi connectivity index (χ2v) is 8.71. The average molecular weight is 512 g/mol. The van der Waals surface area contributed by atoms with E-state index < -0.39 is 6.03 Å². The number of amides is 2. The monoisotopic (exact) mass is 510 g/mol. The van der Waals surface area contributed by atoms with E-state index in [1.54, 1.807) is 30.3 Å². The summed E-state index contributed by atoms with van der Waals surface area (Å²) in [7, 11) is 0. The Hall–Kier alpha value is -3.39. The molecule has 1 aromatic heterocycles. The van der Waals surface area contributed by atoms with E-state index >= 15 is 0 Å². The van der Waals surface area contributed by atoms with E-state index in [2.05, 4.69) is 20.8 Å². The van der Waals surface area contributed by atoms with E-state index in [1.165, 1.54) is 0 Å². The van der Waals surface area contributed by atoms with E-state index in [9.17, 15) is 4.79 Å². The van der Waals surface area contributed by atoms with Crippen molar-refractivity contribution in [3.63, 3.8) is 0 Å². The Kier molecular flexibility index (Phi) is 6.24. The van der Waals surface area contributed by atoms with Gasteiger partial charge in [0.25, 0.3) is 0 Å². The van der Waals surface area contributed by atoms with Crippen molar-refractivity contribution in [2.45, 2.75) is 13.1 Å². The molecule has 4 aromatic rings. The van der Waals surface area contributed by atoms with Crippen LogP contribution in [0.3, 0.4) is 0 Å². The molecule has 7 nitrogen and oxygen atoms in total. The van der Waals surface area contributed by atoms with Gasteiger partial charge in [0.1, 0.15) is 6.54 Å². The van der Waals surface area contributed by atoms with Crippen LogP contribution in [0.15, 0.2) is 71.7 Å². The number of hydrogen-bond donors (Lipinski definition) is 2. The lowest BCUT2D eigenvalue weighted by Gasteiger charge is -2.15. The van der Waals surface area contributed by atoms with Gasteiger partial charge in [0.05, 0.1) is 28.7 Å². The summed E-state index contributed by atoms with van der Waals surface area (Å²) in [6.45, 7) is 0.415. The Labute approximate surface area is 210 Å². The molecule has 0 aliphatic carbocycles. The van der Waals surface area contributed by atoms with Gasteiger partial charge in [-0.2, -0.15) is 0 Å². The number of benzene rings is 3. The summed E-state index contributed by atoms with van der Waals surface area (Å²) in [4.78, 5) is 17.3. The first-order chi connectivity index (χ1) is 16.5. The molecule has 10 heteroatoms. The van der Waals surface area contributed by atoms with Gasteiger partial charge in [0.15, 0.2) is 11.6 Å². The Balaban J connectivity index is 1.47. The molecule has 2 N–H and O–H groups in total. The van der Waals surface area contributed by atoms with E-state index in [0.29, 0.717) is 38.1 Å². The molecular weight excluding hydrogens is 495 g/mol. The molecular formula is C24H17Cl3N6O. The highest BCUT2D eigenvalue weighted by Gasteiger charge is 2.24. The lowest BCUT2D eigenvalue weighted by molar-refractivity contribution is 0.251. The zero-order valence-corrected chi connectivity index (χ0v) is 19.9. The predicted molar refractivity (Wildman–Crippen MR) is 134 cm³/mol. The largest absolute Gasteiger partial charge is 0.331 e. The summed E-state index contributed by atoms with van der Waals surface area (Å²) in [5.74, 6) is 1.18. The molecule has 170 valence electrons. The fraction of sp³-hybridized carbons (Fsp3) is 0.0833. The van der Waals surface area contributed by atoms with E-state index in [1.807, 2.05) is 41.0 Å². The Morgan fingerprint density at radius 1 is 0.912 bits per heavy atom. The zero-order valence-electron chi connectivity index (χ0n) is 17.6. The first-order valence-electron chi connectivity index (χ1n) is 10.3. The second-order valence-electron chi connectivity index (χ2n) is 7.46. The summed E-state index contributed by atoms with van der Waals surface area (Å²) in [6.07, 6.45) is 0. The Morgan fingerprint density at radius 2 is 1.68 bits per heavy atom. The van der Waals surface area contributed by atoms with Crippen molar-refractivity contribution in [3.8, 4) is 5.69 Å². The quantitative estimate of drug-likeness (QED) is 0.358. The van der Waals surface area contributed by atoms with Crippen molar-refractivity contribution >= 4 is 52.2 Å². The molecule has 0 atom stereocenters. The van der Waals surface area contributed by atoms with Crippen molar-refractivity contribution in [1.82, 2.24) is 20.1 Å². The Morgan fingerprint density at radius 3 is 2.47 bits per heavy atom. The average Bonchev–Trinajstić information content (AvgIpc) is 3.16. The van der Waals surface area contributed by atoms with Crippen molar-refractivity contribution in [2.24, 2.45) is 4.99 Å². The summed E-state index contributed by atoms with van der Waals surface area (Å²) >= 11 is 19.0. The first kappa shape index (κ1) is 22.4. The van der Waals surface area contributed by atoms with Gasteiger partial charge < -0.3 is 10.6 Å². The number of halogens is 3. The standard InChI is InChI=1S/C24H17Cl3N6O/c25-14-9-10-20-16(11-14)23(15-5-1-2-6-17(15)26)28-12-21-31-32-22(33(20)21)13-29-24(34)30-19-8-4-3-7-18(19)27/h1-11H,12-13H2,(H2,29,30,34). The lowest BCUT2D eigenvalue weighted by atomic mass is 10.0. The molecule has 3 aromatic carbocycles. The van der Waals surface area contributed by atoms with E-state index in [0.717, 1.165) is 16.8 Å². The molecule has 0 unspecified atom stereocenters. The summed E-state index contributed by atoms with van der Waals surface area (Å²) in [6, 6.07) is 19.6. The lowest BCUT2D eigenvalue weighted by Crippen LogP contribution is -2.29. The van der Waals surface area contributed by atoms with Crippen LogP contribution in [0.25, 0.3) is 5.69 Å². The number of nitrogens with zero attached hydrogens (tertiary/aromatic N) is 4. The fourth-order valence-corrected chi connectivity index (χ4v) is 4.33. The van der Waals surface area contributed by atoms with E-state index in [4.69, 9.17) is 39.8 Å². The SMILES string of the molecule is O=C(NCc1nnc2n1-c1ccc(Cl)cc1C(c1ccccc1Cl)=NC2)Nc1ccccc1Cl. The van der Waals surface area contributed by atoms with Crippen molar-refractivity contribution in [3.05, 3.63) is 105 Å². The number of hydrogen-bond acceptors (Lipinski definition) is 4. The number of aromatic nitrogens is 3. The van der Waals surface area contributed by atoms with Gasteiger partial charge in [-0.3, -0.25) is 9.56 Å². The third-order valence-electron chi connectivity index (χ3n) is 5.29. The first-order valence-corrected chi connectivity index (χ1v) is 11.5. The van der Waals surface area contributed by atoms with Crippen LogP contribution in [0.5, 0.6) is 0 Å². The number of anilines is 1. The van der Waals surface area contributed by atoms with Crippen LogP contribution < -0.4 is 10.6 Å². The van der Waals surface area contributed by atoms with Crippen molar-refractivity contribution < 1.29 is 4.79 Å². The zero-order chi connectivity index (χ0) is 23.7. The second kappa shape index (κ2) is 9.46. The van der Waals surface area contributed by atoms with Crippen LogP contribution in [0.2, 0.25) is 15.1 Å². The molecule has 0 saturated heterocycles. The number of carbonyl (C=O) groups is 1. The smallest absolute Gasteiger partial charge is 0.319 e. The highest BCUT2D eigenvalue weighted by molar-refractivity contribution is 6.36. The molecule has 0 radical (unpaired) electrons. The highest BCUT2D eigenvalue weighted by Crippen LogP contribution is 2.30. The molecule has 0 bridgehead atoms. The summed E-state index contributed by atoms with van der Waals surface area (Å²) in [5.41, 5.74) is 3.61. The van der Waals surface area contributed by atoms with Crippen LogP contribution in [-0.2, 0) is 13.1 Å². The molecule has 2 heterocycles. The van der Waals surface area contributed by atoms with Crippen LogP contribution in [0.4, 0.5) is 10.5 Å². The van der Waals surface area contributed by atoms with Crippen LogP contribution in [0, 0.1) is 0 Å². The van der Waals surface area contributed by atoms with Crippen LogP contribution in [-0.4, -0.2) is 26.5 Å². The number of para-hydroxylation sites is 1. The molecule has 0 saturated carbocycles. The van der Waals surface area contributed by atoms with Gasteiger partial charge in [0.2, 0.25) is 0 Å². The third kappa shape index (κ3) is 4.37. The van der Waals surface area contributed by atoms with Gasteiger partial charge in [-0.15, -0.1) is 10.2 Å². The number of rotatable bonds is 4. The summed E-state index contributed by atoms with van der Waals surface area (Å²) in [5, 5.41) is 15.7. The maximum atomic E-state index is 12.5. The predicted octanol–water partition coefficient (Wildman–Crippen LogP) is 5.90. The van der Waals surface area contributed by atoms with Gasteiger partial charge in [-0.05, 0) is 36.4 Å².